The minimum Gasteiger partial charge on any atom is -0.480 e. The van der Waals surface area contributed by atoms with E-state index in [0.717, 1.165) is 18.8 Å². The van der Waals surface area contributed by atoms with Crippen molar-refractivity contribution in [2.45, 2.75) is 31.8 Å². The molecule has 0 amide bonds. The fourth-order valence-electron chi connectivity index (χ4n) is 2.36. The smallest absolute Gasteiger partial charge is 0.236 e. The van der Waals surface area contributed by atoms with Gasteiger partial charge in [0.25, 0.3) is 0 Å². The summed E-state index contributed by atoms with van der Waals surface area (Å²) in [4.78, 5) is 10.9. The van der Waals surface area contributed by atoms with Crippen molar-refractivity contribution in [3.8, 4) is 5.88 Å². The lowest BCUT2D eigenvalue weighted by atomic mass is 10.0. The molecule has 5 nitrogen and oxygen atoms in total. The molecule has 2 rings (SSSR count). The number of likely N-dealkylation sites (tertiary alicyclic amines) is 1. The normalized spacial score (nSPS) is 21.4. The third-order valence-corrected chi connectivity index (χ3v) is 3.30. The lowest BCUT2D eigenvalue weighted by Gasteiger charge is -2.34. The van der Waals surface area contributed by atoms with Crippen molar-refractivity contribution in [2.24, 2.45) is 5.73 Å². The van der Waals surface area contributed by atoms with Crippen LogP contribution in [0.25, 0.3) is 0 Å². The van der Waals surface area contributed by atoms with Crippen LogP contribution < -0.4 is 10.5 Å². The monoisotopic (exact) mass is 236 g/mol. The summed E-state index contributed by atoms with van der Waals surface area (Å²) in [7, 11) is 1.63. The lowest BCUT2D eigenvalue weighted by Crippen LogP contribution is -2.43. The maximum Gasteiger partial charge on any atom is 0.236 e. The van der Waals surface area contributed by atoms with Crippen LogP contribution in [0.2, 0.25) is 0 Å². The van der Waals surface area contributed by atoms with Crippen molar-refractivity contribution in [1.82, 2.24) is 14.9 Å². The Morgan fingerprint density at radius 1 is 1.41 bits per heavy atom. The third-order valence-electron chi connectivity index (χ3n) is 3.30. The summed E-state index contributed by atoms with van der Waals surface area (Å²) in [5.74, 6) is 0.619. The van der Waals surface area contributed by atoms with Crippen molar-refractivity contribution < 1.29 is 4.74 Å². The Hall–Kier alpha value is -1.20. The van der Waals surface area contributed by atoms with Gasteiger partial charge in [0.05, 0.1) is 7.11 Å². The molecule has 1 saturated heterocycles. The molecule has 5 heteroatoms. The molecule has 1 atom stereocenters. The first-order valence-electron chi connectivity index (χ1n) is 6.13. The molecule has 2 heterocycles. The number of nitrogens with zero attached hydrogens (tertiary/aromatic N) is 3. The number of rotatable bonds is 4. The molecule has 1 aromatic heterocycles. The minimum atomic E-state index is 0.468. The van der Waals surface area contributed by atoms with Gasteiger partial charge in [-0.25, -0.2) is 4.98 Å². The van der Waals surface area contributed by atoms with Gasteiger partial charge >= 0.3 is 0 Å². The molecule has 0 unspecified atom stereocenters. The second-order valence-corrected chi connectivity index (χ2v) is 4.37. The number of methoxy groups -OCH3 is 1. The van der Waals surface area contributed by atoms with Crippen molar-refractivity contribution in [1.29, 1.82) is 0 Å². The number of aromatic nitrogens is 2. The zero-order valence-corrected chi connectivity index (χ0v) is 10.3. The summed E-state index contributed by atoms with van der Waals surface area (Å²) >= 11 is 0. The number of nitrogens with two attached hydrogens (primary N) is 1. The second-order valence-electron chi connectivity index (χ2n) is 4.37. The van der Waals surface area contributed by atoms with Crippen molar-refractivity contribution in [3.05, 3.63) is 18.1 Å². The van der Waals surface area contributed by atoms with E-state index in [1.54, 1.807) is 19.5 Å². The molecule has 0 aromatic carbocycles. The molecule has 2 N–H and O–H groups in total. The minimum absolute atomic E-state index is 0.468. The van der Waals surface area contributed by atoms with Gasteiger partial charge in [-0.1, -0.05) is 6.42 Å². The van der Waals surface area contributed by atoms with Gasteiger partial charge in [0, 0.05) is 31.5 Å². The van der Waals surface area contributed by atoms with Crippen LogP contribution in [-0.4, -0.2) is 41.1 Å². The lowest BCUT2D eigenvalue weighted by molar-refractivity contribution is 0.141. The van der Waals surface area contributed by atoms with E-state index in [-0.39, 0.29) is 0 Å². The molecule has 94 valence electrons. The van der Waals surface area contributed by atoms with Gasteiger partial charge < -0.3 is 10.5 Å². The Kier molecular flexibility index (Phi) is 4.28. The summed E-state index contributed by atoms with van der Waals surface area (Å²) in [5.41, 5.74) is 6.71. The van der Waals surface area contributed by atoms with E-state index in [0.29, 0.717) is 18.5 Å². The molecular formula is C12H20N4O. The van der Waals surface area contributed by atoms with Crippen LogP contribution in [0.4, 0.5) is 0 Å². The highest BCUT2D eigenvalue weighted by atomic mass is 16.5. The van der Waals surface area contributed by atoms with Crippen LogP contribution in [0.1, 0.15) is 25.0 Å². The Labute approximate surface area is 102 Å². The Balaban J connectivity index is 2.08. The summed E-state index contributed by atoms with van der Waals surface area (Å²) in [5, 5.41) is 0. The highest BCUT2D eigenvalue weighted by molar-refractivity contribution is 5.17. The molecule has 0 bridgehead atoms. The van der Waals surface area contributed by atoms with Gasteiger partial charge in [0.15, 0.2) is 0 Å². The van der Waals surface area contributed by atoms with Crippen LogP contribution in [-0.2, 0) is 6.54 Å². The molecular weight excluding hydrogens is 216 g/mol. The SMILES string of the molecule is COc1nccnc1CN1CCCC[C@H]1CN. The highest BCUT2D eigenvalue weighted by Crippen LogP contribution is 2.21. The van der Waals surface area contributed by atoms with E-state index in [1.165, 1.54) is 19.3 Å². The Morgan fingerprint density at radius 3 is 3.00 bits per heavy atom. The molecule has 0 radical (unpaired) electrons. The predicted molar refractivity (Wildman–Crippen MR) is 65.7 cm³/mol. The average Bonchev–Trinajstić information content (AvgIpc) is 2.40. The molecule has 17 heavy (non-hydrogen) atoms. The highest BCUT2D eigenvalue weighted by Gasteiger charge is 2.22. The van der Waals surface area contributed by atoms with Gasteiger partial charge in [0.1, 0.15) is 5.69 Å². The van der Waals surface area contributed by atoms with E-state index in [9.17, 15) is 0 Å². The fraction of sp³-hybridized carbons (Fsp3) is 0.667. The van der Waals surface area contributed by atoms with Gasteiger partial charge in [-0.2, -0.15) is 0 Å². The van der Waals surface area contributed by atoms with Crippen LogP contribution in [0.3, 0.4) is 0 Å². The van der Waals surface area contributed by atoms with Crippen LogP contribution in [0, 0.1) is 0 Å². The summed E-state index contributed by atoms with van der Waals surface area (Å²) in [6, 6.07) is 0.468. The number of piperidine rings is 1. The number of ether oxygens (including phenoxy) is 1. The van der Waals surface area contributed by atoms with Gasteiger partial charge in [-0.3, -0.25) is 9.88 Å². The van der Waals surface area contributed by atoms with Crippen LogP contribution >= 0.6 is 0 Å². The summed E-state index contributed by atoms with van der Waals surface area (Å²) in [6.45, 7) is 2.57. The second kappa shape index (κ2) is 5.93. The molecule has 1 aliphatic rings. The molecule has 1 aromatic rings. The topological polar surface area (TPSA) is 64.3 Å². The molecule has 0 spiro atoms. The maximum absolute atomic E-state index is 5.81. The first-order valence-corrected chi connectivity index (χ1v) is 6.13. The van der Waals surface area contributed by atoms with E-state index >= 15 is 0 Å². The predicted octanol–water partition coefficient (Wildman–Crippen LogP) is 0.798. The van der Waals surface area contributed by atoms with E-state index in [1.807, 2.05) is 0 Å². The quantitative estimate of drug-likeness (QED) is 0.837. The number of hydrogen-bond acceptors (Lipinski definition) is 5. The average molecular weight is 236 g/mol. The van der Waals surface area contributed by atoms with Crippen molar-refractivity contribution >= 4 is 0 Å². The van der Waals surface area contributed by atoms with Crippen LogP contribution in [0.15, 0.2) is 12.4 Å². The zero-order chi connectivity index (χ0) is 12.1. The summed E-state index contributed by atoms with van der Waals surface area (Å²) < 4.78 is 5.22. The Bertz CT molecular complexity index is 358. The van der Waals surface area contributed by atoms with Gasteiger partial charge in [0.2, 0.25) is 5.88 Å². The zero-order valence-electron chi connectivity index (χ0n) is 10.3. The first kappa shape index (κ1) is 12.3. The van der Waals surface area contributed by atoms with Crippen molar-refractivity contribution in [2.75, 3.05) is 20.2 Å². The van der Waals surface area contributed by atoms with E-state index < -0.39 is 0 Å². The molecule has 1 aliphatic heterocycles. The van der Waals surface area contributed by atoms with E-state index in [4.69, 9.17) is 10.5 Å². The molecule has 0 saturated carbocycles. The van der Waals surface area contributed by atoms with Gasteiger partial charge in [-0.05, 0) is 19.4 Å². The summed E-state index contributed by atoms with van der Waals surface area (Å²) in [6.07, 6.45) is 7.05. The first-order chi connectivity index (χ1) is 8.35. The van der Waals surface area contributed by atoms with Crippen molar-refractivity contribution in [3.63, 3.8) is 0 Å². The maximum atomic E-state index is 5.81. The largest absolute Gasteiger partial charge is 0.480 e. The van der Waals surface area contributed by atoms with Gasteiger partial charge in [-0.15, -0.1) is 0 Å². The number of hydrogen-bond donors (Lipinski definition) is 1. The van der Waals surface area contributed by atoms with E-state index in [2.05, 4.69) is 14.9 Å². The molecule has 1 fully saturated rings. The third kappa shape index (κ3) is 2.92. The Morgan fingerprint density at radius 2 is 2.24 bits per heavy atom. The molecule has 0 aliphatic carbocycles. The van der Waals surface area contributed by atoms with Crippen LogP contribution in [0.5, 0.6) is 5.88 Å². The standard InChI is InChI=1S/C12H20N4O/c1-17-12-11(14-5-6-15-12)9-16-7-3-2-4-10(16)8-13/h5-6,10H,2-4,7-9,13H2,1H3/t10-/m0/s1. The fourth-order valence-corrected chi connectivity index (χ4v) is 2.36.